The first-order valence-corrected chi connectivity index (χ1v) is 6.30. The van der Waals surface area contributed by atoms with Crippen molar-refractivity contribution < 1.29 is 14.4 Å². The van der Waals surface area contributed by atoms with Crippen molar-refractivity contribution in [2.75, 3.05) is 13.7 Å². The van der Waals surface area contributed by atoms with Gasteiger partial charge in [0, 0.05) is 13.5 Å². The highest BCUT2D eigenvalue weighted by Crippen LogP contribution is 2.06. The van der Waals surface area contributed by atoms with Crippen molar-refractivity contribution >= 4 is 0 Å². The zero-order valence-electron chi connectivity index (χ0n) is 11.0. The van der Waals surface area contributed by atoms with Crippen LogP contribution < -0.4 is 0 Å². The number of hydrogen-bond acceptors (Lipinski definition) is 5. The van der Waals surface area contributed by atoms with Crippen LogP contribution in [0.4, 0.5) is 0 Å². The van der Waals surface area contributed by atoms with E-state index in [4.69, 9.17) is 9.26 Å². The number of rotatable bonds is 7. The van der Waals surface area contributed by atoms with Gasteiger partial charge in [-0.2, -0.15) is 4.98 Å². The molecule has 19 heavy (non-hydrogen) atoms. The predicted octanol–water partition coefficient (Wildman–Crippen LogP) is 1.40. The highest BCUT2D eigenvalue weighted by molar-refractivity contribution is 5.15. The molecule has 2 rings (SSSR count). The average molecular weight is 262 g/mol. The van der Waals surface area contributed by atoms with Crippen LogP contribution >= 0.6 is 0 Å². The number of nitrogens with zero attached hydrogens (tertiary/aromatic N) is 2. The third-order valence-electron chi connectivity index (χ3n) is 2.76. The second-order valence-corrected chi connectivity index (χ2v) is 4.40. The molecule has 1 heterocycles. The van der Waals surface area contributed by atoms with Gasteiger partial charge in [0.05, 0.1) is 19.1 Å². The van der Waals surface area contributed by atoms with Crippen LogP contribution in [0.1, 0.15) is 17.3 Å². The molecule has 1 unspecified atom stereocenters. The summed E-state index contributed by atoms with van der Waals surface area (Å²) in [5, 5.41) is 13.5. The molecule has 0 aliphatic rings. The molecule has 0 bridgehead atoms. The van der Waals surface area contributed by atoms with Crippen LogP contribution in [0, 0.1) is 0 Å². The molecule has 0 amide bonds. The quantitative estimate of drug-likeness (QED) is 0.817. The lowest BCUT2D eigenvalue weighted by atomic mass is 10.1. The minimum atomic E-state index is -0.604. The van der Waals surface area contributed by atoms with Crippen LogP contribution in [-0.4, -0.2) is 35.1 Å². The zero-order valence-corrected chi connectivity index (χ0v) is 11.0. The molecule has 0 saturated carbocycles. The van der Waals surface area contributed by atoms with Crippen LogP contribution in [0.3, 0.4) is 0 Å². The summed E-state index contributed by atoms with van der Waals surface area (Å²) >= 11 is 0. The summed E-state index contributed by atoms with van der Waals surface area (Å²) in [6.45, 7) is 0.266. The third kappa shape index (κ3) is 4.46. The third-order valence-corrected chi connectivity index (χ3v) is 2.76. The largest absolute Gasteiger partial charge is 0.390 e. The van der Waals surface area contributed by atoms with E-state index < -0.39 is 6.10 Å². The SMILES string of the molecule is COCC(O)Cc1nc(CCc2ccccc2)no1. The molecule has 0 fully saturated rings. The van der Waals surface area contributed by atoms with E-state index in [1.165, 1.54) is 5.56 Å². The minimum Gasteiger partial charge on any atom is -0.390 e. The smallest absolute Gasteiger partial charge is 0.229 e. The van der Waals surface area contributed by atoms with Gasteiger partial charge in [0.2, 0.25) is 5.89 Å². The fourth-order valence-electron chi connectivity index (χ4n) is 1.83. The number of aliphatic hydroxyl groups is 1. The minimum absolute atomic E-state index is 0.266. The Labute approximate surface area is 112 Å². The van der Waals surface area contributed by atoms with Gasteiger partial charge in [0.15, 0.2) is 5.82 Å². The highest BCUT2D eigenvalue weighted by Gasteiger charge is 2.12. The number of aryl methyl sites for hydroxylation is 2. The van der Waals surface area contributed by atoms with Gasteiger partial charge in [-0.15, -0.1) is 0 Å². The molecule has 0 spiro atoms. The second-order valence-electron chi connectivity index (χ2n) is 4.40. The summed E-state index contributed by atoms with van der Waals surface area (Å²) in [5.74, 6) is 1.12. The Balaban J connectivity index is 1.84. The van der Waals surface area contributed by atoms with E-state index in [9.17, 15) is 5.11 Å². The molecule has 5 nitrogen and oxygen atoms in total. The summed E-state index contributed by atoms with van der Waals surface area (Å²) in [6.07, 6.45) is 1.33. The molecular weight excluding hydrogens is 244 g/mol. The summed E-state index contributed by atoms with van der Waals surface area (Å²) in [5.41, 5.74) is 1.24. The van der Waals surface area contributed by atoms with Crippen molar-refractivity contribution in [2.24, 2.45) is 0 Å². The summed E-state index contributed by atoms with van der Waals surface area (Å²) < 4.78 is 9.94. The van der Waals surface area contributed by atoms with Crippen LogP contribution in [0.25, 0.3) is 0 Å². The standard InChI is InChI=1S/C14H18N2O3/c1-18-10-12(17)9-14-15-13(16-19-14)8-7-11-5-3-2-4-6-11/h2-6,12,17H,7-10H2,1H3. The summed E-state index contributed by atoms with van der Waals surface area (Å²) in [4.78, 5) is 4.25. The first-order valence-electron chi connectivity index (χ1n) is 6.30. The Morgan fingerprint density at radius 3 is 2.79 bits per heavy atom. The van der Waals surface area contributed by atoms with Crippen LogP contribution in [-0.2, 0) is 24.0 Å². The first kappa shape index (κ1) is 13.7. The lowest BCUT2D eigenvalue weighted by molar-refractivity contribution is 0.0599. The van der Waals surface area contributed by atoms with Crippen molar-refractivity contribution in [2.45, 2.75) is 25.4 Å². The van der Waals surface area contributed by atoms with Gasteiger partial charge >= 0.3 is 0 Å². The topological polar surface area (TPSA) is 68.4 Å². The van der Waals surface area contributed by atoms with Gasteiger partial charge in [-0.25, -0.2) is 0 Å². The Hall–Kier alpha value is -1.72. The Bertz CT molecular complexity index is 484. The predicted molar refractivity (Wildman–Crippen MR) is 69.7 cm³/mol. The molecule has 102 valence electrons. The zero-order chi connectivity index (χ0) is 13.5. The fourth-order valence-corrected chi connectivity index (χ4v) is 1.83. The average Bonchev–Trinajstić information content (AvgIpc) is 2.85. The Morgan fingerprint density at radius 1 is 1.26 bits per heavy atom. The molecule has 2 aromatic rings. The fraction of sp³-hybridized carbons (Fsp3) is 0.429. The lowest BCUT2D eigenvalue weighted by Crippen LogP contribution is -2.17. The molecule has 1 atom stereocenters. The molecule has 1 aromatic heterocycles. The van der Waals surface area contributed by atoms with Crippen LogP contribution in [0.2, 0.25) is 0 Å². The van der Waals surface area contributed by atoms with E-state index in [-0.39, 0.29) is 6.61 Å². The maximum atomic E-state index is 9.57. The lowest BCUT2D eigenvalue weighted by Gasteiger charge is -2.04. The number of aromatic nitrogens is 2. The summed E-state index contributed by atoms with van der Waals surface area (Å²) in [7, 11) is 1.54. The van der Waals surface area contributed by atoms with E-state index in [0.717, 1.165) is 12.8 Å². The Kier molecular flexibility index (Phi) is 5.06. The first-order chi connectivity index (χ1) is 9.28. The Morgan fingerprint density at radius 2 is 2.05 bits per heavy atom. The van der Waals surface area contributed by atoms with E-state index in [0.29, 0.717) is 18.1 Å². The van der Waals surface area contributed by atoms with Crippen LogP contribution in [0.5, 0.6) is 0 Å². The van der Waals surface area contributed by atoms with Crippen molar-refractivity contribution in [3.05, 3.63) is 47.6 Å². The van der Waals surface area contributed by atoms with E-state index in [1.807, 2.05) is 18.2 Å². The highest BCUT2D eigenvalue weighted by atomic mass is 16.5. The second kappa shape index (κ2) is 7.01. The van der Waals surface area contributed by atoms with Gasteiger partial charge in [-0.05, 0) is 12.0 Å². The molecular formula is C14H18N2O3. The number of ether oxygens (including phenoxy) is 1. The van der Waals surface area contributed by atoms with E-state index in [2.05, 4.69) is 22.3 Å². The molecule has 0 saturated heterocycles. The normalized spacial score (nSPS) is 12.5. The molecule has 0 aliphatic heterocycles. The monoisotopic (exact) mass is 262 g/mol. The number of benzene rings is 1. The number of methoxy groups -OCH3 is 1. The number of hydrogen-bond donors (Lipinski definition) is 1. The number of aliphatic hydroxyl groups excluding tert-OH is 1. The van der Waals surface area contributed by atoms with Gasteiger partial charge < -0.3 is 14.4 Å². The summed E-state index contributed by atoms with van der Waals surface area (Å²) in [6, 6.07) is 10.2. The van der Waals surface area contributed by atoms with E-state index in [1.54, 1.807) is 7.11 Å². The van der Waals surface area contributed by atoms with Crippen LogP contribution in [0.15, 0.2) is 34.9 Å². The molecule has 1 N–H and O–H groups in total. The van der Waals surface area contributed by atoms with Crippen molar-refractivity contribution in [3.8, 4) is 0 Å². The van der Waals surface area contributed by atoms with Gasteiger partial charge in [0.25, 0.3) is 0 Å². The van der Waals surface area contributed by atoms with Crippen molar-refractivity contribution in [1.29, 1.82) is 0 Å². The van der Waals surface area contributed by atoms with E-state index >= 15 is 0 Å². The van der Waals surface area contributed by atoms with Gasteiger partial charge in [0.1, 0.15) is 0 Å². The van der Waals surface area contributed by atoms with Crippen molar-refractivity contribution in [1.82, 2.24) is 10.1 Å². The van der Waals surface area contributed by atoms with Gasteiger partial charge in [-0.3, -0.25) is 0 Å². The molecule has 0 aliphatic carbocycles. The molecule has 0 radical (unpaired) electrons. The maximum absolute atomic E-state index is 9.57. The maximum Gasteiger partial charge on any atom is 0.229 e. The van der Waals surface area contributed by atoms with Crippen molar-refractivity contribution in [3.63, 3.8) is 0 Å². The molecule has 5 heteroatoms. The van der Waals surface area contributed by atoms with Gasteiger partial charge in [-0.1, -0.05) is 35.5 Å². The molecule has 1 aromatic carbocycles.